The number of hydrogen-bond acceptors (Lipinski definition) is 1. The van der Waals surface area contributed by atoms with E-state index < -0.39 is 11.7 Å². The van der Waals surface area contributed by atoms with Crippen molar-refractivity contribution in [1.29, 1.82) is 0 Å². The SMILES string of the molecule is Oc1ccc(-c2ccc(C=C(c3ccccc3)c3ccc(-c4ccc(C(F)(F)F)cc4)cc3)cc2)cc1. The van der Waals surface area contributed by atoms with E-state index in [1.165, 1.54) is 12.1 Å². The van der Waals surface area contributed by atoms with Crippen molar-refractivity contribution in [3.8, 4) is 28.0 Å². The van der Waals surface area contributed by atoms with E-state index >= 15 is 0 Å². The minimum absolute atomic E-state index is 0.236. The highest BCUT2D eigenvalue weighted by Crippen LogP contribution is 2.32. The maximum absolute atomic E-state index is 12.9. The smallest absolute Gasteiger partial charge is 0.416 e. The Morgan fingerprint density at radius 3 is 1.46 bits per heavy atom. The Balaban J connectivity index is 1.46. The molecule has 0 bridgehead atoms. The van der Waals surface area contributed by atoms with Gasteiger partial charge in [0.1, 0.15) is 5.75 Å². The zero-order chi connectivity index (χ0) is 25.8. The lowest BCUT2D eigenvalue weighted by molar-refractivity contribution is -0.137. The second-order valence-corrected chi connectivity index (χ2v) is 8.75. The van der Waals surface area contributed by atoms with Crippen molar-refractivity contribution in [2.75, 3.05) is 0 Å². The number of alkyl halides is 3. The first-order valence-corrected chi connectivity index (χ1v) is 11.8. The summed E-state index contributed by atoms with van der Waals surface area (Å²) in [5, 5.41) is 9.54. The summed E-state index contributed by atoms with van der Waals surface area (Å²) in [6, 6.07) is 38.5. The van der Waals surface area contributed by atoms with Gasteiger partial charge in [-0.1, -0.05) is 103 Å². The first-order chi connectivity index (χ1) is 17.9. The van der Waals surface area contributed by atoms with E-state index in [2.05, 4.69) is 42.5 Å². The van der Waals surface area contributed by atoms with Gasteiger partial charge in [-0.25, -0.2) is 0 Å². The number of hydrogen-bond donors (Lipinski definition) is 1. The molecule has 0 aliphatic carbocycles. The second kappa shape index (κ2) is 10.2. The Kier molecular flexibility index (Phi) is 6.65. The van der Waals surface area contributed by atoms with Gasteiger partial charge in [-0.05, 0) is 74.9 Å². The van der Waals surface area contributed by atoms with Gasteiger partial charge in [0.05, 0.1) is 5.56 Å². The first kappa shape index (κ1) is 24.1. The molecule has 0 atom stereocenters. The van der Waals surface area contributed by atoms with Gasteiger partial charge in [-0.15, -0.1) is 0 Å². The van der Waals surface area contributed by atoms with Gasteiger partial charge < -0.3 is 5.11 Å². The summed E-state index contributed by atoms with van der Waals surface area (Å²) < 4.78 is 38.7. The van der Waals surface area contributed by atoms with E-state index in [-0.39, 0.29) is 5.75 Å². The molecule has 0 radical (unpaired) electrons. The van der Waals surface area contributed by atoms with Crippen LogP contribution < -0.4 is 0 Å². The molecule has 5 rings (SSSR count). The fraction of sp³-hybridized carbons (Fsp3) is 0.0303. The predicted octanol–water partition coefficient (Wildman–Crippen LogP) is 9.33. The monoisotopic (exact) mass is 492 g/mol. The Bertz CT molecular complexity index is 1500. The highest BCUT2D eigenvalue weighted by Gasteiger charge is 2.29. The number of phenols is 1. The Morgan fingerprint density at radius 2 is 0.946 bits per heavy atom. The van der Waals surface area contributed by atoms with Crippen LogP contribution in [0.1, 0.15) is 22.3 Å². The van der Waals surface area contributed by atoms with Crippen molar-refractivity contribution in [3.63, 3.8) is 0 Å². The van der Waals surface area contributed by atoms with Crippen molar-refractivity contribution >= 4 is 11.6 Å². The lowest BCUT2D eigenvalue weighted by Gasteiger charge is -2.12. The zero-order valence-corrected chi connectivity index (χ0v) is 19.8. The Hall–Kier alpha value is -4.57. The fourth-order valence-electron chi connectivity index (χ4n) is 4.24. The molecule has 0 fully saturated rings. The van der Waals surface area contributed by atoms with Crippen molar-refractivity contribution in [1.82, 2.24) is 0 Å². The molecule has 4 heteroatoms. The third-order valence-electron chi connectivity index (χ3n) is 6.25. The maximum Gasteiger partial charge on any atom is 0.416 e. The topological polar surface area (TPSA) is 20.2 Å². The standard InChI is InChI=1S/C33H23F3O/c34-33(35,36)30-18-14-26(15-19-30)25-10-12-29(13-11-25)32(28-4-2-1-3-5-28)22-23-6-8-24(9-7-23)27-16-20-31(37)21-17-27/h1-22,37H. The number of phenolic OH excluding ortho intramolecular Hbond substituents is 1. The van der Waals surface area contributed by atoms with Crippen molar-refractivity contribution in [2.24, 2.45) is 0 Å². The largest absolute Gasteiger partial charge is 0.508 e. The van der Waals surface area contributed by atoms with Crippen LogP contribution in [0.25, 0.3) is 33.9 Å². The van der Waals surface area contributed by atoms with Crippen LogP contribution in [0.4, 0.5) is 13.2 Å². The first-order valence-electron chi connectivity index (χ1n) is 11.8. The van der Waals surface area contributed by atoms with Gasteiger partial charge in [0.25, 0.3) is 0 Å². The van der Waals surface area contributed by atoms with E-state index in [0.29, 0.717) is 0 Å². The molecule has 0 saturated heterocycles. The molecule has 37 heavy (non-hydrogen) atoms. The average molecular weight is 493 g/mol. The minimum atomic E-state index is -4.35. The van der Waals surface area contributed by atoms with Gasteiger partial charge >= 0.3 is 6.18 Å². The van der Waals surface area contributed by atoms with Crippen LogP contribution in [-0.4, -0.2) is 5.11 Å². The molecule has 5 aromatic rings. The van der Waals surface area contributed by atoms with E-state index in [0.717, 1.165) is 56.6 Å². The number of aromatic hydroxyl groups is 1. The van der Waals surface area contributed by atoms with E-state index in [9.17, 15) is 18.3 Å². The normalized spacial score (nSPS) is 11.9. The molecular weight excluding hydrogens is 469 g/mol. The van der Waals surface area contributed by atoms with Gasteiger partial charge in [0.2, 0.25) is 0 Å². The summed E-state index contributed by atoms with van der Waals surface area (Å²) in [5.74, 6) is 0.236. The third kappa shape index (κ3) is 5.65. The quantitative estimate of drug-likeness (QED) is 0.242. The lowest BCUT2D eigenvalue weighted by Crippen LogP contribution is -2.03. The summed E-state index contributed by atoms with van der Waals surface area (Å²) in [6.07, 6.45) is -2.22. The number of benzene rings is 5. The highest BCUT2D eigenvalue weighted by atomic mass is 19.4. The molecule has 1 N–H and O–H groups in total. The third-order valence-corrected chi connectivity index (χ3v) is 6.25. The molecule has 0 spiro atoms. The molecule has 0 aliphatic heterocycles. The van der Waals surface area contributed by atoms with Crippen LogP contribution in [0.3, 0.4) is 0 Å². The Morgan fingerprint density at radius 1 is 0.514 bits per heavy atom. The van der Waals surface area contributed by atoms with Crippen LogP contribution in [0, 0.1) is 0 Å². The van der Waals surface area contributed by atoms with E-state index in [4.69, 9.17) is 0 Å². The Labute approximate surface area is 213 Å². The second-order valence-electron chi connectivity index (χ2n) is 8.75. The number of halogens is 3. The van der Waals surface area contributed by atoms with Crippen molar-refractivity contribution < 1.29 is 18.3 Å². The molecule has 0 heterocycles. The molecule has 182 valence electrons. The molecule has 1 nitrogen and oxygen atoms in total. The summed E-state index contributed by atoms with van der Waals surface area (Å²) in [6.45, 7) is 0. The van der Waals surface area contributed by atoms with E-state index in [1.54, 1.807) is 12.1 Å². The van der Waals surface area contributed by atoms with Crippen LogP contribution in [0.15, 0.2) is 127 Å². The summed E-state index contributed by atoms with van der Waals surface area (Å²) in [5.41, 5.74) is 7.15. The average Bonchev–Trinajstić information content (AvgIpc) is 2.93. The maximum atomic E-state index is 12.9. The van der Waals surface area contributed by atoms with Crippen LogP contribution in [-0.2, 0) is 6.18 Å². The molecule has 0 aromatic heterocycles. The lowest BCUT2D eigenvalue weighted by atomic mass is 9.93. The highest BCUT2D eigenvalue weighted by molar-refractivity contribution is 5.92. The van der Waals surface area contributed by atoms with E-state index in [1.807, 2.05) is 54.6 Å². The molecule has 5 aromatic carbocycles. The van der Waals surface area contributed by atoms with Crippen LogP contribution in [0.5, 0.6) is 5.75 Å². The van der Waals surface area contributed by atoms with Gasteiger partial charge in [-0.3, -0.25) is 0 Å². The van der Waals surface area contributed by atoms with Crippen LogP contribution >= 0.6 is 0 Å². The van der Waals surface area contributed by atoms with Crippen molar-refractivity contribution in [3.05, 3.63) is 150 Å². The fourth-order valence-corrected chi connectivity index (χ4v) is 4.24. The van der Waals surface area contributed by atoms with Gasteiger partial charge in [0.15, 0.2) is 0 Å². The van der Waals surface area contributed by atoms with Gasteiger partial charge in [0, 0.05) is 0 Å². The minimum Gasteiger partial charge on any atom is -0.508 e. The predicted molar refractivity (Wildman–Crippen MR) is 144 cm³/mol. The van der Waals surface area contributed by atoms with Crippen molar-refractivity contribution in [2.45, 2.75) is 6.18 Å². The number of rotatable bonds is 5. The molecule has 0 unspecified atom stereocenters. The molecule has 0 amide bonds. The summed E-state index contributed by atoms with van der Waals surface area (Å²) >= 11 is 0. The molecular formula is C33H23F3O. The molecule has 0 aliphatic rings. The summed E-state index contributed by atoms with van der Waals surface area (Å²) in [7, 11) is 0. The molecule has 0 saturated carbocycles. The van der Waals surface area contributed by atoms with Gasteiger partial charge in [-0.2, -0.15) is 13.2 Å². The summed E-state index contributed by atoms with van der Waals surface area (Å²) in [4.78, 5) is 0. The zero-order valence-electron chi connectivity index (χ0n) is 19.8. The van der Waals surface area contributed by atoms with Crippen LogP contribution in [0.2, 0.25) is 0 Å².